The fraction of sp³-hybridized carbons (Fsp3) is 0.481. The Labute approximate surface area is 209 Å². The number of aryl methyl sites for hydroxylation is 1. The highest BCUT2D eigenvalue weighted by atomic mass is 19.3. The van der Waals surface area contributed by atoms with E-state index < -0.39 is 18.7 Å². The highest BCUT2D eigenvalue weighted by Crippen LogP contribution is 2.35. The summed E-state index contributed by atoms with van der Waals surface area (Å²) in [4.78, 5) is 20.9. The Balaban J connectivity index is 1.78. The average Bonchev–Trinajstić information content (AvgIpc) is 3.25. The van der Waals surface area contributed by atoms with E-state index in [1.54, 1.807) is 6.20 Å². The van der Waals surface area contributed by atoms with Crippen molar-refractivity contribution in [3.63, 3.8) is 0 Å². The Morgan fingerprint density at radius 3 is 2.28 bits per heavy atom. The maximum atomic E-state index is 13.9. The predicted octanol–water partition coefficient (Wildman–Crippen LogP) is 5.42. The maximum absolute atomic E-state index is 13.9. The molecule has 36 heavy (non-hydrogen) atoms. The number of pyridine rings is 2. The number of piperazine rings is 1. The van der Waals surface area contributed by atoms with Crippen LogP contribution in [0.1, 0.15) is 54.1 Å². The summed E-state index contributed by atoms with van der Waals surface area (Å²) in [5.74, 6) is -0.393. The third-order valence-electron chi connectivity index (χ3n) is 6.96. The molecule has 0 aromatic carbocycles. The molecule has 9 heteroatoms. The predicted molar refractivity (Wildman–Crippen MR) is 133 cm³/mol. The highest BCUT2D eigenvalue weighted by molar-refractivity contribution is 5.95. The van der Waals surface area contributed by atoms with Crippen LogP contribution < -0.4 is 0 Å². The molecule has 0 saturated carbocycles. The summed E-state index contributed by atoms with van der Waals surface area (Å²) in [7, 11) is 0. The van der Waals surface area contributed by atoms with Crippen molar-refractivity contribution in [1.82, 2.24) is 19.2 Å². The number of fused-ring (bicyclic) bond motifs is 1. The highest BCUT2D eigenvalue weighted by Gasteiger charge is 2.33. The standard InChI is InChI=1S/C27H33F3N4O2/c1-16(2)36-27(35)22-15-23-21(20-7-6-9-31-18(20)4)8-10-34(23)24(17(22)3)19(5)32-11-13-33(14-12-32)26(30)25(28)29/h6-10,15-16,19,25-26H,11-14H2,1-5H3. The number of hydrogen-bond donors (Lipinski definition) is 0. The molecule has 0 N–H and O–H groups in total. The molecule has 1 saturated heterocycles. The normalized spacial score (nSPS) is 17.2. The third-order valence-corrected chi connectivity index (χ3v) is 6.96. The van der Waals surface area contributed by atoms with E-state index in [2.05, 4.69) is 14.3 Å². The van der Waals surface area contributed by atoms with Gasteiger partial charge in [0.05, 0.1) is 17.2 Å². The van der Waals surface area contributed by atoms with Gasteiger partial charge in [0.25, 0.3) is 6.43 Å². The molecule has 0 spiro atoms. The van der Waals surface area contributed by atoms with Crippen molar-refractivity contribution in [2.75, 3.05) is 26.2 Å². The first-order chi connectivity index (χ1) is 17.1. The Morgan fingerprint density at radius 1 is 1.00 bits per heavy atom. The molecule has 1 aliphatic rings. The van der Waals surface area contributed by atoms with Crippen LogP contribution in [0.25, 0.3) is 16.6 Å². The molecule has 0 aliphatic carbocycles. The summed E-state index contributed by atoms with van der Waals surface area (Å²) in [6.45, 7) is 10.8. The van der Waals surface area contributed by atoms with Crippen LogP contribution in [0, 0.1) is 13.8 Å². The molecule has 6 nitrogen and oxygen atoms in total. The molecule has 2 atom stereocenters. The minimum Gasteiger partial charge on any atom is -0.459 e. The second kappa shape index (κ2) is 10.6. The van der Waals surface area contributed by atoms with Crippen molar-refractivity contribution >= 4 is 11.5 Å². The molecule has 0 radical (unpaired) electrons. The van der Waals surface area contributed by atoms with E-state index in [1.165, 1.54) is 4.90 Å². The Kier molecular flexibility index (Phi) is 7.70. The van der Waals surface area contributed by atoms with Gasteiger partial charge < -0.3 is 9.14 Å². The number of nitrogens with zero attached hydrogens (tertiary/aromatic N) is 4. The average molecular weight is 503 g/mol. The number of aromatic nitrogens is 2. The number of carbonyl (C=O) groups excluding carboxylic acids is 1. The lowest BCUT2D eigenvalue weighted by Crippen LogP contribution is -2.51. The minimum absolute atomic E-state index is 0.152. The largest absolute Gasteiger partial charge is 0.459 e. The SMILES string of the molecule is Cc1ncccc1-c1ccn2c(C(C)N3CCN(C(F)C(F)F)CC3)c(C)c(C(=O)OC(C)C)cc12. The quantitative estimate of drug-likeness (QED) is 0.319. The van der Waals surface area contributed by atoms with Crippen molar-refractivity contribution < 1.29 is 22.7 Å². The van der Waals surface area contributed by atoms with Gasteiger partial charge in [-0.05, 0) is 58.4 Å². The van der Waals surface area contributed by atoms with Crippen LogP contribution in [0.5, 0.6) is 0 Å². The first-order valence-electron chi connectivity index (χ1n) is 12.3. The fourth-order valence-corrected chi connectivity index (χ4v) is 5.07. The number of esters is 1. The monoisotopic (exact) mass is 502 g/mol. The van der Waals surface area contributed by atoms with Crippen LogP contribution in [-0.2, 0) is 4.74 Å². The Hall–Kier alpha value is -2.91. The number of hydrogen-bond acceptors (Lipinski definition) is 5. The van der Waals surface area contributed by atoms with E-state index in [4.69, 9.17) is 4.74 Å². The number of rotatable bonds is 7. The molecular formula is C27H33F3N4O2. The minimum atomic E-state index is -3.02. The van der Waals surface area contributed by atoms with Gasteiger partial charge in [0.15, 0.2) is 0 Å². The third kappa shape index (κ3) is 4.99. The lowest BCUT2D eigenvalue weighted by atomic mass is 9.99. The number of ether oxygens (including phenoxy) is 1. The Bertz CT molecular complexity index is 1240. The van der Waals surface area contributed by atoms with Gasteiger partial charge in [-0.15, -0.1) is 0 Å². The smallest absolute Gasteiger partial charge is 0.338 e. The van der Waals surface area contributed by atoms with Crippen LogP contribution in [-0.4, -0.2) is 70.2 Å². The fourth-order valence-electron chi connectivity index (χ4n) is 5.07. The summed E-state index contributed by atoms with van der Waals surface area (Å²) in [6.07, 6.45) is -1.81. The molecule has 1 aliphatic heterocycles. The first-order valence-corrected chi connectivity index (χ1v) is 12.3. The van der Waals surface area contributed by atoms with Gasteiger partial charge in [-0.2, -0.15) is 0 Å². The van der Waals surface area contributed by atoms with E-state index in [-0.39, 0.29) is 25.2 Å². The van der Waals surface area contributed by atoms with Crippen LogP contribution in [0.3, 0.4) is 0 Å². The molecular weight excluding hydrogens is 469 g/mol. The number of carbonyl (C=O) groups is 1. The lowest BCUT2D eigenvalue weighted by molar-refractivity contribution is -0.0688. The first kappa shape index (κ1) is 26.2. The summed E-state index contributed by atoms with van der Waals surface area (Å²) < 4.78 is 47.2. The van der Waals surface area contributed by atoms with Crippen molar-refractivity contribution in [1.29, 1.82) is 0 Å². The van der Waals surface area contributed by atoms with Gasteiger partial charge >= 0.3 is 5.97 Å². The van der Waals surface area contributed by atoms with Gasteiger partial charge in [-0.1, -0.05) is 6.07 Å². The molecule has 3 aromatic heterocycles. The van der Waals surface area contributed by atoms with Gasteiger partial charge in [0, 0.05) is 67.1 Å². The zero-order valence-electron chi connectivity index (χ0n) is 21.3. The second-order valence-corrected chi connectivity index (χ2v) is 9.60. The van der Waals surface area contributed by atoms with E-state index in [9.17, 15) is 18.0 Å². The number of alkyl halides is 3. The topological polar surface area (TPSA) is 50.1 Å². The van der Waals surface area contributed by atoms with Crippen LogP contribution >= 0.6 is 0 Å². The molecule has 1 fully saturated rings. The number of halogens is 3. The van der Waals surface area contributed by atoms with E-state index in [0.717, 1.165) is 33.6 Å². The summed E-state index contributed by atoms with van der Waals surface area (Å²) in [5, 5.41) is 0. The van der Waals surface area contributed by atoms with Crippen LogP contribution in [0.4, 0.5) is 13.2 Å². The van der Waals surface area contributed by atoms with E-state index in [0.29, 0.717) is 18.7 Å². The molecule has 2 unspecified atom stereocenters. The summed E-state index contributed by atoms with van der Waals surface area (Å²) in [6, 6.07) is 7.62. The van der Waals surface area contributed by atoms with Gasteiger partial charge in [-0.25, -0.2) is 18.0 Å². The Morgan fingerprint density at radius 2 is 1.67 bits per heavy atom. The van der Waals surface area contributed by atoms with Crippen LogP contribution in [0.15, 0.2) is 36.7 Å². The zero-order valence-corrected chi connectivity index (χ0v) is 21.3. The van der Waals surface area contributed by atoms with E-state index in [1.807, 2.05) is 65.1 Å². The molecule has 194 valence electrons. The molecule has 0 amide bonds. The van der Waals surface area contributed by atoms with E-state index >= 15 is 0 Å². The van der Waals surface area contributed by atoms with Crippen molar-refractivity contribution in [3.05, 3.63) is 59.2 Å². The molecule has 3 aromatic rings. The lowest BCUT2D eigenvalue weighted by Gasteiger charge is -2.39. The van der Waals surface area contributed by atoms with Crippen molar-refractivity contribution in [2.24, 2.45) is 0 Å². The molecule has 0 bridgehead atoms. The van der Waals surface area contributed by atoms with Gasteiger partial charge in [0.1, 0.15) is 0 Å². The van der Waals surface area contributed by atoms with Gasteiger partial charge in [-0.3, -0.25) is 14.8 Å². The summed E-state index contributed by atoms with van der Waals surface area (Å²) in [5.41, 5.74) is 5.85. The molecule has 4 heterocycles. The van der Waals surface area contributed by atoms with Gasteiger partial charge in [0.2, 0.25) is 6.30 Å². The maximum Gasteiger partial charge on any atom is 0.338 e. The second-order valence-electron chi connectivity index (χ2n) is 9.60. The summed E-state index contributed by atoms with van der Waals surface area (Å²) >= 11 is 0. The van der Waals surface area contributed by atoms with Crippen molar-refractivity contribution in [2.45, 2.75) is 59.5 Å². The van der Waals surface area contributed by atoms with Crippen LogP contribution in [0.2, 0.25) is 0 Å². The van der Waals surface area contributed by atoms with Crippen molar-refractivity contribution in [3.8, 4) is 11.1 Å². The zero-order chi connectivity index (χ0) is 26.1. The molecule has 4 rings (SSSR count).